The molecule has 0 aliphatic rings. The van der Waals surface area contributed by atoms with Gasteiger partial charge in [-0.05, 0) is 68.3 Å². The SMILES string of the molecule is Cc1ccc(C)c(-n2c(=O)c3ccccc3n3c(SC(C)C(=O)Nc4cccc(C#N)c4)nnc23)c1. The first-order valence-electron chi connectivity index (χ1n) is 11.3. The summed E-state index contributed by atoms with van der Waals surface area (Å²) in [4.78, 5) is 26.5. The van der Waals surface area contributed by atoms with Crippen LogP contribution in [0.1, 0.15) is 23.6 Å². The van der Waals surface area contributed by atoms with E-state index >= 15 is 0 Å². The highest BCUT2D eigenvalue weighted by atomic mass is 32.2. The Bertz CT molecular complexity index is 1750. The van der Waals surface area contributed by atoms with E-state index in [1.807, 2.05) is 54.6 Å². The van der Waals surface area contributed by atoms with E-state index in [9.17, 15) is 9.59 Å². The largest absolute Gasteiger partial charge is 0.325 e. The van der Waals surface area contributed by atoms with Gasteiger partial charge >= 0.3 is 0 Å². The molecule has 0 saturated heterocycles. The van der Waals surface area contributed by atoms with Crippen LogP contribution in [-0.2, 0) is 4.79 Å². The van der Waals surface area contributed by atoms with E-state index in [4.69, 9.17) is 5.26 Å². The second kappa shape index (κ2) is 9.32. The zero-order valence-corrected chi connectivity index (χ0v) is 20.7. The molecule has 0 spiro atoms. The molecule has 2 heterocycles. The number of aromatic nitrogens is 4. The predicted octanol–water partition coefficient (Wildman–Crippen LogP) is 4.64. The summed E-state index contributed by atoms with van der Waals surface area (Å²) in [6, 6.07) is 22.1. The number of carbonyl (C=O) groups is 1. The van der Waals surface area contributed by atoms with Crippen molar-refractivity contribution in [3.63, 3.8) is 0 Å². The molecule has 8 nitrogen and oxygen atoms in total. The first-order valence-corrected chi connectivity index (χ1v) is 12.2. The summed E-state index contributed by atoms with van der Waals surface area (Å²) < 4.78 is 3.41. The number of hydrogen-bond donors (Lipinski definition) is 1. The molecule has 0 fully saturated rings. The molecule has 1 N–H and O–H groups in total. The van der Waals surface area contributed by atoms with Crippen molar-refractivity contribution in [3.8, 4) is 11.8 Å². The van der Waals surface area contributed by atoms with Gasteiger partial charge < -0.3 is 5.32 Å². The van der Waals surface area contributed by atoms with Crippen molar-refractivity contribution in [1.29, 1.82) is 5.26 Å². The lowest BCUT2D eigenvalue weighted by molar-refractivity contribution is -0.115. The van der Waals surface area contributed by atoms with Gasteiger partial charge in [0.05, 0.1) is 33.5 Å². The Hall–Kier alpha value is -4.42. The molecule has 36 heavy (non-hydrogen) atoms. The number of carbonyl (C=O) groups excluding carboxylic acids is 1. The Morgan fingerprint density at radius 1 is 1.06 bits per heavy atom. The minimum absolute atomic E-state index is 0.182. The number of thioether (sulfide) groups is 1. The second-order valence-electron chi connectivity index (χ2n) is 8.51. The lowest BCUT2D eigenvalue weighted by atomic mass is 10.1. The molecule has 3 aromatic carbocycles. The van der Waals surface area contributed by atoms with Crippen LogP contribution in [0.25, 0.3) is 22.4 Å². The molecule has 1 unspecified atom stereocenters. The normalized spacial score (nSPS) is 11.9. The van der Waals surface area contributed by atoms with E-state index < -0.39 is 5.25 Å². The number of nitrogens with one attached hydrogen (secondary N) is 1. The number of amides is 1. The van der Waals surface area contributed by atoms with Crippen molar-refractivity contribution < 1.29 is 4.79 Å². The van der Waals surface area contributed by atoms with E-state index in [2.05, 4.69) is 21.6 Å². The summed E-state index contributed by atoms with van der Waals surface area (Å²) in [5.74, 6) is 0.142. The molecular weight excluding hydrogens is 472 g/mol. The number of aryl methyl sites for hydroxylation is 2. The Morgan fingerprint density at radius 2 is 1.86 bits per heavy atom. The van der Waals surface area contributed by atoms with Crippen molar-refractivity contribution in [2.75, 3.05) is 5.32 Å². The van der Waals surface area contributed by atoms with Gasteiger partial charge in [0.1, 0.15) is 0 Å². The van der Waals surface area contributed by atoms with Crippen LogP contribution < -0.4 is 10.9 Å². The van der Waals surface area contributed by atoms with Gasteiger partial charge in [-0.1, -0.05) is 42.1 Å². The molecule has 1 amide bonds. The van der Waals surface area contributed by atoms with Gasteiger partial charge in [0.25, 0.3) is 5.56 Å². The average Bonchev–Trinajstić information content (AvgIpc) is 3.29. The summed E-state index contributed by atoms with van der Waals surface area (Å²) in [7, 11) is 0. The van der Waals surface area contributed by atoms with Gasteiger partial charge in [0.2, 0.25) is 11.7 Å². The van der Waals surface area contributed by atoms with Gasteiger partial charge in [-0.15, -0.1) is 10.2 Å². The van der Waals surface area contributed by atoms with Crippen LogP contribution in [0.4, 0.5) is 5.69 Å². The van der Waals surface area contributed by atoms with Crippen LogP contribution in [0, 0.1) is 25.2 Å². The van der Waals surface area contributed by atoms with Gasteiger partial charge in [-0.3, -0.25) is 14.0 Å². The summed E-state index contributed by atoms with van der Waals surface area (Å²) in [6.45, 7) is 5.70. The number of hydrogen-bond acceptors (Lipinski definition) is 6. The number of fused-ring (bicyclic) bond motifs is 3. The molecular formula is C27H22N6O2S. The van der Waals surface area contributed by atoms with Gasteiger partial charge in [0, 0.05) is 5.69 Å². The molecule has 5 rings (SSSR count). The molecule has 2 aromatic heterocycles. The third-order valence-corrected chi connectivity index (χ3v) is 6.95. The number of anilines is 1. The van der Waals surface area contributed by atoms with Crippen LogP contribution in [0.3, 0.4) is 0 Å². The maximum atomic E-state index is 13.6. The molecule has 0 saturated carbocycles. The number of benzene rings is 3. The Balaban J connectivity index is 1.59. The van der Waals surface area contributed by atoms with Crippen LogP contribution in [0.2, 0.25) is 0 Å². The molecule has 0 aliphatic heterocycles. The van der Waals surface area contributed by atoms with Crippen molar-refractivity contribution in [2.24, 2.45) is 0 Å². The first-order chi connectivity index (χ1) is 17.4. The summed E-state index contributed by atoms with van der Waals surface area (Å²) in [5, 5.41) is 21.2. The summed E-state index contributed by atoms with van der Waals surface area (Å²) >= 11 is 1.25. The molecule has 1 atom stereocenters. The smallest absolute Gasteiger partial charge is 0.267 e. The molecule has 0 bridgehead atoms. The first kappa shape index (κ1) is 23.3. The summed E-state index contributed by atoms with van der Waals surface area (Å²) in [5.41, 5.74) is 4.19. The minimum Gasteiger partial charge on any atom is -0.325 e. The number of nitrogens with zero attached hydrogens (tertiary/aromatic N) is 5. The van der Waals surface area contributed by atoms with Crippen LogP contribution >= 0.6 is 11.8 Å². The number of para-hydroxylation sites is 1. The molecule has 178 valence electrons. The number of rotatable bonds is 5. The topological polar surface area (TPSA) is 105 Å². The highest BCUT2D eigenvalue weighted by molar-refractivity contribution is 8.00. The molecule has 9 heteroatoms. The Kier molecular flexibility index (Phi) is 6.04. The quantitative estimate of drug-likeness (QED) is 0.357. The fraction of sp³-hybridized carbons (Fsp3) is 0.148. The van der Waals surface area contributed by atoms with E-state index in [-0.39, 0.29) is 11.5 Å². The van der Waals surface area contributed by atoms with Gasteiger partial charge in [-0.2, -0.15) is 5.26 Å². The monoisotopic (exact) mass is 494 g/mol. The van der Waals surface area contributed by atoms with Crippen LogP contribution in [0.5, 0.6) is 0 Å². The number of nitriles is 1. The standard InChI is InChI=1S/C27H22N6O2S/c1-16-11-12-17(2)23(13-16)32-25(35)21-9-4-5-10-22(21)33-26(32)30-31-27(33)36-18(3)24(34)29-20-8-6-7-19(14-20)15-28/h4-14,18H,1-3H3,(H,29,34). The minimum atomic E-state index is -0.525. The van der Waals surface area contributed by atoms with Crippen LogP contribution in [0.15, 0.2) is 76.7 Å². The zero-order chi connectivity index (χ0) is 25.4. The third-order valence-electron chi connectivity index (χ3n) is 5.91. The van der Waals surface area contributed by atoms with E-state index in [1.54, 1.807) is 41.8 Å². The maximum absolute atomic E-state index is 13.6. The van der Waals surface area contributed by atoms with E-state index in [0.29, 0.717) is 33.1 Å². The van der Waals surface area contributed by atoms with Crippen molar-refractivity contribution in [2.45, 2.75) is 31.2 Å². The highest BCUT2D eigenvalue weighted by Crippen LogP contribution is 2.27. The zero-order valence-electron chi connectivity index (χ0n) is 19.9. The van der Waals surface area contributed by atoms with Crippen molar-refractivity contribution in [3.05, 3.63) is 93.8 Å². The highest BCUT2D eigenvalue weighted by Gasteiger charge is 2.23. The molecule has 5 aromatic rings. The van der Waals surface area contributed by atoms with E-state index in [1.165, 1.54) is 11.8 Å². The maximum Gasteiger partial charge on any atom is 0.267 e. The average molecular weight is 495 g/mol. The fourth-order valence-electron chi connectivity index (χ4n) is 4.05. The Labute approximate surface area is 211 Å². The van der Waals surface area contributed by atoms with Gasteiger partial charge in [-0.25, -0.2) is 4.57 Å². The second-order valence-corrected chi connectivity index (χ2v) is 9.82. The van der Waals surface area contributed by atoms with Crippen molar-refractivity contribution >= 4 is 40.0 Å². The van der Waals surface area contributed by atoms with Crippen LogP contribution in [-0.4, -0.2) is 30.3 Å². The fourth-order valence-corrected chi connectivity index (χ4v) is 4.91. The van der Waals surface area contributed by atoms with Gasteiger partial charge in [0.15, 0.2) is 5.16 Å². The lowest BCUT2D eigenvalue weighted by Gasteiger charge is -2.15. The third kappa shape index (κ3) is 4.12. The summed E-state index contributed by atoms with van der Waals surface area (Å²) in [6.07, 6.45) is 0. The Morgan fingerprint density at radius 3 is 2.67 bits per heavy atom. The van der Waals surface area contributed by atoms with E-state index in [0.717, 1.165) is 16.8 Å². The molecule has 0 aliphatic carbocycles. The lowest BCUT2D eigenvalue weighted by Crippen LogP contribution is -2.24. The van der Waals surface area contributed by atoms with Crippen molar-refractivity contribution in [1.82, 2.24) is 19.2 Å². The predicted molar refractivity (Wildman–Crippen MR) is 141 cm³/mol. The molecule has 0 radical (unpaired) electrons.